The van der Waals surface area contributed by atoms with Gasteiger partial charge in [0.15, 0.2) is 11.6 Å². The third-order valence-corrected chi connectivity index (χ3v) is 8.52. The van der Waals surface area contributed by atoms with Crippen LogP contribution >= 0.6 is 0 Å². The zero-order valence-corrected chi connectivity index (χ0v) is 22.3. The van der Waals surface area contributed by atoms with Crippen molar-refractivity contribution in [2.45, 2.75) is 129 Å². The molecule has 0 radical (unpaired) electrons. The highest BCUT2D eigenvalue weighted by Crippen LogP contribution is 2.37. The summed E-state index contributed by atoms with van der Waals surface area (Å²) in [5, 5.41) is 0. The second kappa shape index (κ2) is 15.6. The van der Waals surface area contributed by atoms with Gasteiger partial charge in [-0.2, -0.15) is 0 Å². The third kappa shape index (κ3) is 9.74. The van der Waals surface area contributed by atoms with Gasteiger partial charge in [-0.15, -0.1) is 0 Å². The highest BCUT2D eigenvalue weighted by Gasteiger charge is 2.22. The van der Waals surface area contributed by atoms with Gasteiger partial charge < -0.3 is 4.74 Å². The van der Waals surface area contributed by atoms with Crippen LogP contribution in [0.3, 0.4) is 0 Å². The Morgan fingerprint density at radius 3 is 2.18 bits per heavy atom. The fourth-order valence-corrected chi connectivity index (χ4v) is 6.05. The molecule has 1 fully saturated rings. The minimum absolute atomic E-state index is 0.207. The molecule has 1 saturated carbocycles. The zero-order chi connectivity index (χ0) is 24.0. The average molecular weight is 471 g/mol. The number of aryl methyl sites for hydroxylation is 1. The molecule has 0 heterocycles. The Hall–Kier alpha value is -1.31. The zero-order valence-electron chi connectivity index (χ0n) is 22.3. The van der Waals surface area contributed by atoms with Crippen molar-refractivity contribution in [2.75, 3.05) is 6.61 Å². The van der Waals surface area contributed by atoms with Gasteiger partial charge in [0.25, 0.3) is 0 Å². The van der Waals surface area contributed by atoms with Crippen molar-refractivity contribution in [2.24, 2.45) is 17.8 Å². The maximum atomic E-state index is 14.4. The number of hydrogen-bond donors (Lipinski definition) is 0. The van der Waals surface area contributed by atoms with Gasteiger partial charge in [-0.3, -0.25) is 0 Å². The van der Waals surface area contributed by atoms with E-state index in [1.165, 1.54) is 83.5 Å². The molecule has 2 aliphatic carbocycles. The summed E-state index contributed by atoms with van der Waals surface area (Å²) < 4.78 is 20.0. The molecule has 1 atom stereocenters. The molecule has 0 N–H and O–H groups in total. The molecule has 3 rings (SSSR count). The van der Waals surface area contributed by atoms with Gasteiger partial charge in [0.05, 0.1) is 6.61 Å². The van der Waals surface area contributed by atoms with Gasteiger partial charge in [0.1, 0.15) is 0 Å². The molecule has 2 aliphatic rings. The van der Waals surface area contributed by atoms with Gasteiger partial charge in [-0.05, 0) is 80.4 Å². The summed E-state index contributed by atoms with van der Waals surface area (Å²) in [7, 11) is 0. The number of halogens is 1. The molecule has 1 aromatic rings. The fraction of sp³-hybridized carbons (Fsp3) is 0.750. The van der Waals surface area contributed by atoms with Crippen LogP contribution in [0.5, 0.6) is 5.75 Å². The minimum atomic E-state index is -0.207. The van der Waals surface area contributed by atoms with Crippen LogP contribution in [-0.2, 0) is 6.42 Å². The second-order valence-corrected chi connectivity index (χ2v) is 11.3. The number of rotatable bonds is 15. The minimum Gasteiger partial charge on any atom is -0.491 e. The van der Waals surface area contributed by atoms with E-state index in [-0.39, 0.29) is 5.82 Å². The smallest absolute Gasteiger partial charge is 0.165 e. The van der Waals surface area contributed by atoms with E-state index in [0.717, 1.165) is 55.4 Å². The number of allylic oxidation sites excluding steroid dienone is 2. The van der Waals surface area contributed by atoms with E-state index in [0.29, 0.717) is 12.4 Å². The normalized spacial score (nSPS) is 23.0. The summed E-state index contributed by atoms with van der Waals surface area (Å²) in [4.78, 5) is 0. The predicted octanol–water partition coefficient (Wildman–Crippen LogP) is 10.2. The largest absolute Gasteiger partial charge is 0.491 e. The van der Waals surface area contributed by atoms with Crippen LogP contribution in [-0.4, -0.2) is 6.61 Å². The molecule has 34 heavy (non-hydrogen) atoms. The summed E-state index contributed by atoms with van der Waals surface area (Å²) >= 11 is 0. The molecule has 1 unspecified atom stereocenters. The van der Waals surface area contributed by atoms with Gasteiger partial charge in [-0.25, -0.2) is 4.39 Å². The first-order chi connectivity index (χ1) is 16.7. The van der Waals surface area contributed by atoms with Crippen molar-refractivity contribution in [3.63, 3.8) is 0 Å². The first kappa shape index (κ1) is 27.3. The average Bonchev–Trinajstić information content (AvgIpc) is 2.86. The van der Waals surface area contributed by atoms with E-state index in [1.54, 1.807) is 11.6 Å². The molecule has 0 bridgehead atoms. The molecule has 192 valence electrons. The van der Waals surface area contributed by atoms with Gasteiger partial charge in [-0.1, -0.05) is 102 Å². The van der Waals surface area contributed by atoms with Crippen LogP contribution in [0.25, 0.3) is 0 Å². The molecule has 0 saturated heterocycles. The molecular weight excluding hydrogens is 419 g/mol. The Balaban J connectivity index is 1.30. The number of hydrogen-bond acceptors (Lipinski definition) is 1. The van der Waals surface area contributed by atoms with Gasteiger partial charge >= 0.3 is 0 Å². The molecule has 1 aromatic carbocycles. The van der Waals surface area contributed by atoms with E-state index in [2.05, 4.69) is 19.9 Å². The molecular formula is C32H51FO. The number of benzene rings is 1. The molecule has 0 aliphatic heterocycles. The standard InChI is InChI=1S/C32H51FO/c1-3-5-7-9-26-10-12-27(13-11-26)14-15-28-16-18-29(19-17-28)20-21-30-22-23-32(31(33)25-30)34-24-8-6-4-2/h18,22-23,25-28H,3-17,19-21,24H2,1-2H3/t26-,27-,28?. The summed E-state index contributed by atoms with van der Waals surface area (Å²) in [5.74, 6) is 3.13. The Bertz CT molecular complexity index is 716. The van der Waals surface area contributed by atoms with E-state index in [4.69, 9.17) is 4.74 Å². The Labute approximate surface area is 209 Å². The van der Waals surface area contributed by atoms with Gasteiger partial charge in [0.2, 0.25) is 0 Å². The van der Waals surface area contributed by atoms with E-state index < -0.39 is 0 Å². The SMILES string of the molecule is CCCCCOc1ccc(CCC2=CCC(CC[C@H]3CC[C@H](CCCCC)CC3)CC2)cc1F. The summed E-state index contributed by atoms with van der Waals surface area (Å²) in [5.41, 5.74) is 2.68. The molecule has 0 spiro atoms. The lowest BCUT2D eigenvalue weighted by Crippen LogP contribution is -2.16. The van der Waals surface area contributed by atoms with E-state index in [1.807, 2.05) is 12.1 Å². The van der Waals surface area contributed by atoms with Crippen molar-refractivity contribution in [1.29, 1.82) is 0 Å². The Kier molecular flexibility index (Phi) is 12.5. The third-order valence-electron chi connectivity index (χ3n) is 8.52. The van der Waals surface area contributed by atoms with E-state index in [9.17, 15) is 4.39 Å². The molecule has 0 aromatic heterocycles. The quantitative estimate of drug-likeness (QED) is 0.183. The fourth-order valence-electron chi connectivity index (χ4n) is 6.05. The van der Waals surface area contributed by atoms with Crippen molar-refractivity contribution in [3.05, 3.63) is 41.2 Å². The van der Waals surface area contributed by atoms with E-state index >= 15 is 0 Å². The molecule has 1 nitrogen and oxygen atoms in total. The Morgan fingerprint density at radius 2 is 1.50 bits per heavy atom. The second-order valence-electron chi connectivity index (χ2n) is 11.3. The van der Waals surface area contributed by atoms with Crippen molar-refractivity contribution in [1.82, 2.24) is 0 Å². The number of unbranched alkanes of at least 4 members (excludes halogenated alkanes) is 4. The van der Waals surface area contributed by atoms with Crippen molar-refractivity contribution in [3.8, 4) is 5.75 Å². The Morgan fingerprint density at radius 1 is 0.794 bits per heavy atom. The van der Waals surface area contributed by atoms with Crippen LogP contribution in [0.2, 0.25) is 0 Å². The van der Waals surface area contributed by atoms with Crippen LogP contribution < -0.4 is 4.74 Å². The number of ether oxygens (including phenoxy) is 1. The van der Waals surface area contributed by atoms with Crippen molar-refractivity contribution >= 4 is 0 Å². The lowest BCUT2D eigenvalue weighted by molar-refractivity contribution is 0.234. The maximum Gasteiger partial charge on any atom is 0.165 e. The summed E-state index contributed by atoms with van der Waals surface area (Å²) in [6, 6.07) is 5.55. The van der Waals surface area contributed by atoms with Crippen LogP contribution in [0.1, 0.15) is 129 Å². The topological polar surface area (TPSA) is 9.23 Å². The molecule has 2 heteroatoms. The molecule has 0 amide bonds. The highest BCUT2D eigenvalue weighted by atomic mass is 19.1. The lowest BCUT2D eigenvalue weighted by Gasteiger charge is -2.30. The van der Waals surface area contributed by atoms with Crippen LogP contribution in [0.4, 0.5) is 4.39 Å². The first-order valence-corrected chi connectivity index (χ1v) is 14.8. The monoisotopic (exact) mass is 470 g/mol. The van der Waals surface area contributed by atoms with Gasteiger partial charge in [0, 0.05) is 0 Å². The van der Waals surface area contributed by atoms with Crippen LogP contribution in [0, 0.1) is 23.6 Å². The predicted molar refractivity (Wildman–Crippen MR) is 144 cm³/mol. The first-order valence-electron chi connectivity index (χ1n) is 14.8. The van der Waals surface area contributed by atoms with Crippen molar-refractivity contribution < 1.29 is 9.13 Å². The highest BCUT2D eigenvalue weighted by molar-refractivity contribution is 5.30. The maximum absolute atomic E-state index is 14.4. The summed E-state index contributed by atoms with van der Waals surface area (Å²) in [6.07, 6.45) is 26.3. The van der Waals surface area contributed by atoms with Crippen LogP contribution in [0.15, 0.2) is 29.8 Å². The summed E-state index contributed by atoms with van der Waals surface area (Å²) in [6.45, 7) is 5.09. The lowest BCUT2D eigenvalue weighted by atomic mass is 9.76.